The molecule has 0 aliphatic heterocycles. The van der Waals surface area contributed by atoms with E-state index in [0.717, 1.165) is 17.9 Å². The molecule has 0 amide bonds. The van der Waals surface area contributed by atoms with Crippen molar-refractivity contribution in [1.82, 2.24) is 5.32 Å². The predicted octanol–water partition coefficient (Wildman–Crippen LogP) is 3.41. The molecule has 1 saturated carbocycles. The highest BCUT2D eigenvalue weighted by molar-refractivity contribution is 5.85. The highest BCUT2D eigenvalue weighted by Crippen LogP contribution is 2.40. The summed E-state index contributed by atoms with van der Waals surface area (Å²) in [6, 6.07) is 8.93. The molecule has 1 aliphatic carbocycles. The Kier molecular flexibility index (Phi) is 6.13. The van der Waals surface area contributed by atoms with Gasteiger partial charge in [0, 0.05) is 12.6 Å². The average Bonchev–Trinajstić information content (AvgIpc) is 3.20. The van der Waals surface area contributed by atoms with Crippen LogP contribution in [0.2, 0.25) is 0 Å². The predicted molar refractivity (Wildman–Crippen MR) is 78.4 cm³/mol. The molecule has 1 aromatic carbocycles. The molecule has 0 saturated heterocycles. The van der Waals surface area contributed by atoms with Gasteiger partial charge in [-0.15, -0.1) is 12.4 Å². The number of halogens is 1. The average molecular weight is 270 g/mol. The summed E-state index contributed by atoms with van der Waals surface area (Å²) in [6.45, 7) is 4.93. The SMILES string of the molecule is CCC(C)NCC(O)c1ccc(C2CC2)cc1.Cl. The number of nitrogens with one attached hydrogen (secondary N) is 1. The van der Waals surface area contributed by atoms with Crippen LogP contribution in [-0.2, 0) is 0 Å². The van der Waals surface area contributed by atoms with Gasteiger partial charge in [0.2, 0.25) is 0 Å². The lowest BCUT2D eigenvalue weighted by Crippen LogP contribution is -2.29. The first kappa shape index (κ1) is 15.5. The van der Waals surface area contributed by atoms with Crippen molar-refractivity contribution < 1.29 is 5.11 Å². The molecule has 2 rings (SSSR count). The van der Waals surface area contributed by atoms with Gasteiger partial charge >= 0.3 is 0 Å². The number of rotatable bonds is 6. The van der Waals surface area contributed by atoms with Crippen LogP contribution in [0.5, 0.6) is 0 Å². The van der Waals surface area contributed by atoms with Crippen LogP contribution in [0.25, 0.3) is 0 Å². The maximum Gasteiger partial charge on any atom is 0.0914 e. The van der Waals surface area contributed by atoms with Gasteiger partial charge in [0.1, 0.15) is 0 Å². The Morgan fingerprint density at radius 1 is 1.28 bits per heavy atom. The first-order valence-electron chi connectivity index (χ1n) is 6.72. The third-order valence-electron chi connectivity index (χ3n) is 3.64. The second kappa shape index (κ2) is 7.13. The smallest absolute Gasteiger partial charge is 0.0914 e. The monoisotopic (exact) mass is 269 g/mol. The summed E-state index contributed by atoms with van der Waals surface area (Å²) >= 11 is 0. The maximum atomic E-state index is 10.0. The summed E-state index contributed by atoms with van der Waals surface area (Å²) < 4.78 is 0. The largest absolute Gasteiger partial charge is 0.387 e. The minimum absolute atomic E-state index is 0. The molecule has 2 nitrogen and oxygen atoms in total. The first-order valence-corrected chi connectivity index (χ1v) is 6.72. The summed E-state index contributed by atoms with van der Waals surface area (Å²) in [7, 11) is 0. The van der Waals surface area contributed by atoms with Gasteiger partial charge in [-0.25, -0.2) is 0 Å². The molecule has 0 radical (unpaired) electrons. The van der Waals surface area contributed by atoms with Gasteiger partial charge in [-0.3, -0.25) is 0 Å². The third-order valence-corrected chi connectivity index (χ3v) is 3.64. The van der Waals surface area contributed by atoms with Gasteiger partial charge in [-0.05, 0) is 43.2 Å². The maximum absolute atomic E-state index is 10.0. The van der Waals surface area contributed by atoms with Crippen molar-refractivity contribution in [3.8, 4) is 0 Å². The molecule has 0 bridgehead atoms. The van der Waals surface area contributed by atoms with E-state index >= 15 is 0 Å². The van der Waals surface area contributed by atoms with Gasteiger partial charge in [0.15, 0.2) is 0 Å². The summed E-state index contributed by atoms with van der Waals surface area (Å²) in [5.41, 5.74) is 2.45. The quantitative estimate of drug-likeness (QED) is 0.830. The zero-order chi connectivity index (χ0) is 12.3. The van der Waals surface area contributed by atoms with E-state index < -0.39 is 6.10 Å². The molecule has 0 heterocycles. The fourth-order valence-corrected chi connectivity index (χ4v) is 1.98. The Morgan fingerprint density at radius 2 is 1.89 bits per heavy atom. The Balaban J connectivity index is 0.00000162. The molecule has 0 aromatic heterocycles. The first-order chi connectivity index (χ1) is 8.20. The Bertz CT molecular complexity index is 348. The second-order valence-corrected chi connectivity index (χ2v) is 5.17. The summed E-state index contributed by atoms with van der Waals surface area (Å²) in [5, 5.41) is 13.4. The highest BCUT2D eigenvalue weighted by Gasteiger charge is 2.23. The van der Waals surface area contributed by atoms with E-state index in [1.807, 2.05) is 0 Å². The molecule has 3 heteroatoms. The molecular formula is C15H24ClNO. The van der Waals surface area contributed by atoms with E-state index in [-0.39, 0.29) is 12.4 Å². The molecule has 18 heavy (non-hydrogen) atoms. The van der Waals surface area contributed by atoms with Crippen LogP contribution in [0, 0.1) is 0 Å². The Labute approximate surface area is 116 Å². The molecule has 2 atom stereocenters. The number of benzene rings is 1. The van der Waals surface area contributed by atoms with Crippen molar-refractivity contribution in [3.05, 3.63) is 35.4 Å². The van der Waals surface area contributed by atoms with Crippen LogP contribution < -0.4 is 5.32 Å². The van der Waals surface area contributed by atoms with E-state index in [9.17, 15) is 5.11 Å². The summed E-state index contributed by atoms with van der Waals surface area (Å²) in [6.07, 6.45) is 3.36. The molecule has 2 N–H and O–H groups in total. The van der Waals surface area contributed by atoms with Crippen LogP contribution in [0.3, 0.4) is 0 Å². The van der Waals surface area contributed by atoms with Gasteiger partial charge in [-0.2, -0.15) is 0 Å². The number of aliphatic hydroxyl groups excluding tert-OH is 1. The van der Waals surface area contributed by atoms with Crippen LogP contribution in [-0.4, -0.2) is 17.7 Å². The molecule has 0 spiro atoms. The van der Waals surface area contributed by atoms with Crippen molar-refractivity contribution in [3.63, 3.8) is 0 Å². The van der Waals surface area contributed by atoms with E-state index in [0.29, 0.717) is 12.6 Å². The zero-order valence-corrected chi connectivity index (χ0v) is 12.0. The third kappa shape index (κ3) is 4.27. The molecule has 1 fully saturated rings. The summed E-state index contributed by atoms with van der Waals surface area (Å²) in [4.78, 5) is 0. The molecule has 1 aliphatic rings. The number of hydrogen-bond donors (Lipinski definition) is 2. The Hall–Kier alpha value is -0.570. The van der Waals surface area contributed by atoms with Crippen molar-refractivity contribution in [2.45, 2.75) is 51.2 Å². The van der Waals surface area contributed by atoms with Crippen molar-refractivity contribution in [1.29, 1.82) is 0 Å². The van der Waals surface area contributed by atoms with E-state index in [1.54, 1.807) is 0 Å². The standard InChI is InChI=1S/C15H23NO.ClH/c1-3-11(2)16-10-15(17)14-8-6-13(7-9-14)12-4-5-12;/h6-9,11-12,15-17H,3-5,10H2,1-2H3;1H. The van der Waals surface area contributed by atoms with Crippen molar-refractivity contribution in [2.75, 3.05) is 6.54 Å². The normalized spacial score (nSPS) is 17.9. The minimum atomic E-state index is -0.391. The minimum Gasteiger partial charge on any atom is -0.387 e. The lowest BCUT2D eigenvalue weighted by molar-refractivity contribution is 0.170. The molecule has 1 aromatic rings. The molecule has 2 unspecified atom stereocenters. The van der Waals surface area contributed by atoms with Gasteiger partial charge < -0.3 is 10.4 Å². The van der Waals surface area contributed by atoms with Crippen molar-refractivity contribution >= 4 is 12.4 Å². The van der Waals surface area contributed by atoms with Crippen LogP contribution in [0.15, 0.2) is 24.3 Å². The van der Waals surface area contributed by atoms with Crippen molar-refractivity contribution in [2.24, 2.45) is 0 Å². The van der Waals surface area contributed by atoms with Crippen LogP contribution in [0.4, 0.5) is 0 Å². The number of hydrogen-bond acceptors (Lipinski definition) is 2. The summed E-state index contributed by atoms with van der Waals surface area (Å²) in [5.74, 6) is 0.791. The number of aliphatic hydroxyl groups is 1. The van der Waals surface area contributed by atoms with Crippen LogP contribution >= 0.6 is 12.4 Å². The van der Waals surface area contributed by atoms with E-state index in [4.69, 9.17) is 0 Å². The fourth-order valence-electron chi connectivity index (χ4n) is 1.98. The molecule has 102 valence electrons. The molecular weight excluding hydrogens is 246 g/mol. The fraction of sp³-hybridized carbons (Fsp3) is 0.600. The topological polar surface area (TPSA) is 32.3 Å². The second-order valence-electron chi connectivity index (χ2n) is 5.17. The van der Waals surface area contributed by atoms with E-state index in [2.05, 4.69) is 43.4 Å². The Morgan fingerprint density at radius 3 is 2.39 bits per heavy atom. The van der Waals surface area contributed by atoms with Gasteiger partial charge in [0.05, 0.1) is 6.10 Å². The lowest BCUT2D eigenvalue weighted by Gasteiger charge is -2.16. The van der Waals surface area contributed by atoms with E-state index in [1.165, 1.54) is 18.4 Å². The van der Waals surface area contributed by atoms with Crippen LogP contribution in [0.1, 0.15) is 56.3 Å². The zero-order valence-electron chi connectivity index (χ0n) is 11.2. The highest BCUT2D eigenvalue weighted by atomic mass is 35.5. The van der Waals surface area contributed by atoms with Gasteiger partial charge in [-0.1, -0.05) is 31.2 Å². The van der Waals surface area contributed by atoms with Gasteiger partial charge in [0.25, 0.3) is 0 Å². The lowest BCUT2D eigenvalue weighted by atomic mass is 10.0.